The molecule has 1 amide bonds. The SMILES string of the molecule is COc1c(O)ccc(/C=N/NC(=O)[C@H]2COc3cc4ccccc4cc3O2)c1[N+](=O)[O-]. The fraction of sp³-hybridized carbons (Fsp3) is 0.143. The van der Waals surface area contributed by atoms with Gasteiger partial charge in [0.2, 0.25) is 11.9 Å². The van der Waals surface area contributed by atoms with Gasteiger partial charge >= 0.3 is 5.69 Å². The number of hydrogen-bond donors (Lipinski definition) is 2. The third-order valence-corrected chi connectivity index (χ3v) is 4.67. The Morgan fingerprint density at radius 2 is 1.97 bits per heavy atom. The summed E-state index contributed by atoms with van der Waals surface area (Å²) in [5, 5.41) is 26.8. The predicted molar refractivity (Wildman–Crippen MR) is 111 cm³/mol. The van der Waals surface area contributed by atoms with Crippen molar-refractivity contribution in [3.05, 3.63) is 64.2 Å². The van der Waals surface area contributed by atoms with E-state index < -0.39 is 22.6 Å². The highest BCUT2D eigenvalue weighted by molar-refractivity contribution is 5.90. The number of phenolic OH excluding ortho intramolecular Hbond substituents is 1. The Hall–Kier alpha value is -4.34. The van der Waals surface area contributed by atoms with E-state index in [1.807, 2.05) is 30.3 Å². The van der Waals surface area contributed by atoms with Crippen LogP contribution in [0.1, 0.15) is 5.56 Å². The van der Waals surface area contributed by atoms with Gasteiger partial charge in [-0.3, -0.25) is 14.9 Å². The summed E-state index contributed by atoms with van der Waals surface area (Å²) in [4.78, 5) is 23.1. The number of carbonyl (C=O) groups is 1. The van der Waals surface area contributed by atoms with Crippen LogP contribution in [-0.4, -0.2) is 42.0 Å². The van der Waals surface area contributed by atoms with E-state index in [4.69, 9.17) is 14.2 Å². The number of phenols is 1. The molecule has 0 saturated carbocycles. The molecule has 31 heavy (non-hydrogen) atoms. The number of ether oxygens (including phenoxy) is 3. The zero-order valence-electron chi connectivity index (χ0n) is 16.3. The summed E-state index contributed by atoms with van der Waals surface area (Å²) in [7, 11) is 1.20. The number of aromatic hydroxyl groups is 1. The molecule has 4 rings (SSSR count). The number of nitro groups is 1. The van der Waals surface area contributed by atoms with Gasteiger partial charge in [0.05, 0.1) is 23.8 Å². The van der Waals surface area contributed by atoms with Crippen molar-refractivity contribution in [2.75, 3.05) is 13.7 Å². The first kappa shape index (κ1) is 20.0. The van der Waals surface area contributed by atoms with E-state index in [0.29, 0.717) is 11.5 Å². The topological polar surface area (TPSA) is 133 Å². The summed E-state index contributed by atoms with van der Waals surface area (Å²) in [5.74, 6) is -0.281. The Balaban J connectivity index is 1.48. The Labute approximate surface area is 175 Å². The van der Waals surface area contributed by atoms with Crippen LogP contribution < -0.4 is 19.6 Å². The van der Waals surface area contributed by atoms with Crippen LogP contribution in [0.2, 0.25) is 0 Å². The zero-order valence-corrected chi connectivity index (χ0v) is 16.3. The van der Waals surface area contributed by atoms with E-state index in [2.05, 4.69) is 10.5 Å². The van der Waals surface area contributed by atoms with Crippen molar-refractivity contribution in [2.45, 2.75) is 6.10 Å². The molecule has 10 nitrogen and oxygen atoms in total. The monoisotopic (exact) mass is 423 g/mol. The Bertz CT molecular complexity index is 1210. The number of amides is 1. The van der Waals surface area contributed by atoms with E-state index in [1.54, 1.807) is 6.07 Å². The molecule has 0 saturated heterocycles. The second kappa shape index (κ2) is 8.19. The highest BCUT2D eigenvalue weighted by Crippen LogP contribution is 2.38. The number of hydrazone groups is 1. The lowest BCUT2D eigenvalue weighted by atomic mass is 10.1. The quantitative estimate of drug-likeness (QED) is 0.366. The highest BCUT2D eigenvalue weighted by atomic mass is 16.6. The lowest BCUT2D eigenvalue weighted by Gasteiger charge is -2.25. The fourth-order valence-corrected chi connectivity index (χ4v) is 3.19. The van der Waals surface area contributed by atoms with Crippen LogP contribution >= 0.6 is 0 Å². The first-order chi connectivity index (χ1) is 15.0. The third kappa shape index (κ3) is 3.90. The molecule has 158 valence electrons. The number of benzene rings is 3. The largest absolute Gasteiger partial charge is 0.504 e. The Kier molecular flexibility index (Phi) is 5.27. The number of nitrogens with one attached hydrogen (secondary N) is 1. The minimum absolute atomic E-state index is 0.0140. The second-order valence-electron chi connectivity index (χ2n) is 6.61. The molecule has 0 aromatic heterocycles. The van der Waals surface area contributed by atoms with Crippen LogP contribution in [0.15, 0.2) is 53.6 Å². The van der Waals surface area contributed by atoms with Gasteiger partial charge in [0.15, 0.2) is 17.2 Å². The number of methoxy groups -OCH3 is 1. The Morgan fingerprint density at radius 1 is 1.26 bits per heavy atom. The number of fused-ring (bicyclic) bond motifs is 2. The van der Waals surface area contributed by atoms with Gasteiger partial charge in [-0.1, -0.05) is 24.3 Å². The third-order valence-electron chi connectivity index (χ3n) is 4.67. The van der Waals surface area contributed by atoms with Gasteiger partial charge in [-0.05, 0) is 35.0 Å². The van der Waals surface area contributed by atoms with Crippen LogP contribution in [0.25, 0.3) is 10.8 Å². The van der Waals surface area contributed by atoms with Crippen molar-refractivity contribution in [2.24, 2.45) is 5.10 Å². The molecule has 0 unspecified atom stereocenters. The average Bonchev–Trinajstić information content (AvgIpc) is 2.77. The van der Waals surface area contributed by atoms with Gasteiger partial charge in [-0.2, -0.15) is 5.10 Å². The zero-order chi connectivity index (χ0) is 22.0. The summed E-state index contributed by atoms with van der Waals surface area (Å²) < 4.78 is 16.3. The fourth-order valence-electron chi connectivity index (χ4n) is 3.19. The van der Waals surface area contributed by atoms with Gasteiger partial charge in [0.25, 0.3) is 5.91 Å². The second-order valence-corrected chi connectivity index (χ2v) is 6.61. The molecular formula is C21H17N3O7. The molecule has 0 fully saturated rings. The van der Waals surface area contributed by atoms with Crippen molar-refractivity contribution in [3.63, 3.8) is 0 Å². The lowest BCUT2D eigenvalue weighted by molar-refractivity contribution is -0.386. The van der Waals surface area contributed by atoms with Crippen molar-refractivity contribution < 1.29 is 29.0 Å². The summed E-state index contributed by atoms with van der Waals surface area (Å²) in [6, 6.07) is 13.8. The molecule has 1 aliphatic rings. The molecule has 2 N–H and O–H groups in total. The number of carbonyl (C=O) groups excluding carboxylic acids is 1. The van der Waals surface area contributed by atoms with E-state index in [9.17, 15) is 20.0 Å². The lowest BCUT2D eigenvalue weighted by Crippen LogP contribution is -2.42. The molecule has 1 atom stereocenters. The van der Waals surface area contributed by atoms with Crippen LogP contribution in [0.3, 0.4) is 0 Å². The van der Waals surface area contributed by atoms with E-state index in [-0.39, 0.29) is 23.7 Å². The van der Waals surface area contributed by atoms with Crippen molar-refractivity contribution in [3.8, 4) is 23.0 Å². The first-order valence-electron chi connectivity index (χ1n) is 9.17. The molecule has 0 spiro atoms. The summed E-state index contributed by atoms with van der Waals surface area (Å²) in [6.45, 7) is -0.0140. The predicted octanol–water partition coefficient (Wildman–Crippen LogP) is 2.75. The van der Waals surface area contributed by atoms with E-state index in [1.165, 1.54) is 19.2 Å². The van der Waals surface area contributed by atoms with Gasteiger partial charge < -0.3 is 19.3 Å². The van der Waals surface area contributed by atoms with Crippen LogP contribution in [0.5, 0.6) is 23.0 Å². The molecule has 0 radical (unpaired) electrons. The number of rotatable bonds is 5. The van der Waals surface area contributed by atoms with Gasteiger partial charge in [-0.25, -0.2) is 5.43 Å². The van der Waals surface area contributed by atoms with Gasteiger partial charge in [-0.15, -0.1) is 0 Å². The maximum atomic E-state index is 12.4. The van der Waals surface area contributed by atoms with Crippen molar-refractivity contribution in [1.82, 2.24) is 5.43 Å². The van der Waals surface area contributed by atoms with E-state index >= 15 is 0 Å². The molecule has 0 bridgehead atoms. The minimum atomic E-state index is -0.949. The molecular weight excluding hydrogens is 406 g/mol. The summed E-state index contributed by atoms with van der Waals surface area (Å²) in [6.07, 6.45) is 0.138. The molecule has 3 aromatic carbocycles. The van der Waals surface area contributed by atoms with Crippen LogP contribution in [0.4, 0.5) is 5.69 Å². The van der Waals surface area contributed by atoms with Crippen LogP contribution in [-0.2, 0) is 4.79 Å². The molecule has 1 heterocycles. The molecule has 0 aliphatic carbocycles. The molecule has 1 aliphatic heterocycles. The van der Waals surface area contributed by atoms with Crippen molar-refractivity contribution >= 4 is 28.6 Å². The van der Waals surface area contributed by atoms with Gasteiger partial charge in [0.1, 0.15) is 6.61 Å². The minimum Gasteiger partial charge on any atom is -0.504 e. The molecule has 10 heteroatoms. The smallest absolute Gasteiger partial charge is 0.323 e. The maximum Gasteiger partial charge on any atom is 0.323 e. The number of nitrogens with zero attached hydrogens (tertiary/aromatic N) is 2. The number of hydrogen-bond acceptors (Lipinski definition) is 8. The maximum absolute atomic E-state index is 12.4. The van der Waals surface area contributed by atoms with E-state index in [0.717, 1.165) is 17.0 Å². The molecule has 3 aromatic rings. The standard InChI is InChI=1S/C21H17N3O7/c1-29-20-15(25)7-6-14(19(20)24(27)28)10-22-23-21(26)18-11-30-16-8-12-4-2-3-5-13(12)9-17(16)31-18/h2-10,18,25H,11H2,1H3,(H,23,26)/b22-10+/t18-/m1/s1. The van der Waals surface area contributed by atoms with Gasteiger partial charge in [0, 0.05) is 0 Å². The number of nitro benzene ring substituents is 1. The van der Waals surface area contributed by atoms with Crippen molar-refractivity contribution in [1.29, 1.82) is 0 Å². The average molecular weight is 423 g/mol. The Morgan fingerprint density at radius 3 is 2.65 bits per heavy atom. The summed E-state index contributed by atoms with van der Waals surface area (Å²) >= 11 is 0. The first-order valence-corrected chi connectivity index (χ1v) is 9.17. The summed E-state index contributed by atoms with van der Waals surface area (Å²) in [5.41, 5.74) is 1.85. The van der Waals surface area contributed by atoms with Crippen LogP contribution in [0, 0.1) is 10.1 Å². The highest BCUT2D eigenvalue weighted by Gasteiger charge is 2.28. The normalized spacial score (nSPS) is 15.1.